The number of hydrogen-bond acceptors (Lipinski definition) is 4. The molecule has 1 aromatic rings. The molecule has 26 heavy (non-hydrogen) atoms. The summed E-state index contributed by atoms with van der Waals surface area (Å²) in [5.41, 5.74) is 7.33. The normalized spacial score (nSPS) is 31.4. The average Bonchev–Trinajstić information content (AvgIpc) is 3.24. The predicted molar refractivity (Wildman–Crippen MR) is 100 cm³/mol. The second-order valence-corrected chi connectivity index (χ2v) is 8.03. The SMILES string of the molecule is NC1C2CCC(C2)C1C(=O)NCCN1CCN(c2ccc(F)cc2)CC1. The van der Waals surface area contributed by atoms with Gasteiger partial charge in [0.2, 0.25) is 5.91 Å². The van der Waals surface area contributed by atoms with Crippen LogP contribution in [-0.2, 0) is 4.79 Å². The number of carbonyl (C=O) groups excluding carboxylic acids is 1. The van der Waals surface area contributed by atoms with Gasteiger partial charge in [0.1, 0.15) is 5.82 Å². The van der Waals surface area contributed by atoms with E-state index in [1.54, 1.807) is 0 Å². The summed E-state index contributed by atoms with van der Waals surface area (Å²) in [7, 11) is 0. The highest BCUT2D eigenvalue weighted by Crippen LogP contribution is 2.47. The summed E-state index contributed by atoms with van der Waals surface area (Å²) in [6, 6.07) is 6.76. The van der Waals surface area contributed by atoms with E-state index in [-0.39, 0.29) is 23.7 Å². The molecule has 1 aliphatic heterocycles. The third-order valence-corrected chi connectivity index (χ3v) is 6.57. The van der Waals surface area contributed by atoms with Crippen LogP contribution < -0.4 is 16.0 Å². The van der Waals surface area contributed by atoms with E-state index in [9.17, 15) is 9.18 Å². The number of carbonyl (C=O) groups is 1. The number of nitrogens with two attached hydrogens (primary N) is 1. The van der Waals surface area contributed by atoms with Crippen molar-refractivity contribution in [3.05, 3.63) is 30.1 Å². The van der Waals surface area contributed by atoms with Crippen molar-refractivity contribution >= 4 is 11.6 Å². The van der Waals surface area contributed by atoms with E-state index in [0.717, 1.165) is 44.8 Å². The Kier molecular flexibility index (Phi) is 5.14. The van der Waals surface area contributed by atoms with Crippen LogP contribution in [0.15, 0.2) is 24.3 Å². The highest BCUT2D eigenvalue weighted by molar-refractivity contribution is 5.80. The van der Waals surface area contributed by atoms with Gasteiger partial charge in [-0.05, 0) is 55.4 Å². The Bertz CT molecular complexity index is 627. The molecule has 4 unspecified atom stereocenters. The van der Waals surface area contributed by atoms with E-state index >= 15 is 0 Å². The minimum absolute atomic E-state index is 0.0315. The Morgan fingerprint density at radius 3 is 2.46 bits per heavy atom. The number of amides is 1. The van der Waals surface area contributed by atoms with Crippen molar-refractivity contribution in [2.24, 2.45) is 23.5 Å². The summed E-state index contributed by atoms with van der Waals surface area (Å²) in [4.78, 5) is 17.2. The van der Waals surface area contributed by atoms with E-state index in [0.29, 0.717) is 18.4 Å². The molecule has 0 spiro atoms. The molecule has 1 aromatic carbocycles. The molecule has 2 aliphatic carbocycles. The van der Waals surface area contributed by atoms with Crippen LogP contribution in [0.25, 0.3) is 0 Å². The standard InChI is InChI=1S/C20H29FN4O/c21-16-3-5-17(6-4-16)25-11-9-24(10-12-25)8-7-23-20(26)18-14-1-2-15(13-14)19(18)22/h3-6,14-15,18-19H,1-2,7-13,22H2,(H,23,26). The lowest BCUT2D eigenvalue weighted by Crippen LogP contribution is -2.50. The molecule has 1 heterocycles. The fourth-order valence-corrected chi connectivity index (χ4v) is 5.06. The number of rotatable bonds is 5. The molecule has 1 amide bonds. The third kappa shape index (κ3) is 3.58. The fourth-order valence-electron chi connectivity index (χ4n) is 5.06. The quantitative estimate of drug-likeness (QED) is 0.834. The summed E-state index contributed by atoms with van der Waals surface area (Å²) < 4.78 is 13.0. The first-order valence-corrected chi connectivity index (χ1v) is 9.88. The van der Waals surface area contributed by atoms with Crippen molar-refractivity contribution in [3.63, 3.8) is 0 Å². The summed E-state index contributed by atoms with van der Waals surface area (Å²) in [6.07, 6.45) is 3.51. The maximum absolute atomic E-state index is 13.0. The van der Waals surface area contributed by atoms with Gasteiger partial charge in [0.25, 0.3) is 0 Å². The average molecular weight is 360 g/mol. The molecule has 6 heteroatoms. The molecule has 2 saturated carbocycles. The van der Waals surface area contributed by atoms with Crippen molar-refractivity contribution in [3.8, 4) is 0 Å². The van der Waals surface area contributed by atoms with E-state index in [1.165, 1.54) is 25.0 Å². The summed E-state index contributed by atoms with van der Waals surface area (Å²) in [5.74, 6) is 1.07. The van der Waals surface area contributed by atoms with Crippen molar-refractivity contribution in [1.82, 2.24) is 10.2 Å². The molecule has 3 N–H and O–H groups in total. The van der Waals surface area contributed by atoms with Crippen LogP contribution in [0.2, 0.25) is 0 Å². The second kappa shape index (κ2) is 7.53. The number of fused-ring (bicyclic) bond motifs is 2. The molecule has 2 bridgehead atoms. The molecular weight excluding hydrogens is 331 g/mol. The van der Waals surface area contributed by atoms with E-state index < -0.39 is 0 Å². The lowest BCUT2D eigenvalue weighted by Gasteiger charge is -2.36. The lowest BCUT2D eigenvalue weighted by atomic mass is 9.84. The van der Waals surface area contributed by atoms with Gasteiger partial charge >= 0.3 is 0 Å². The van der Waals surface area contributed by atoms with Crippen LogP contribution in [-0.4, -0.2) is 56.1 Å². The van der Waals surface area contributed by atoms with Gasteiger partial charge in [0.05, 0.1) is 5.92 Å². The van der Waals surface area contributed by atoms with Gasteiger partial charge < -0.3 is 16.0 Å². The largest absolute Gasteiger partial charge is 0.369 e. The predicted octanol–water partition coefficient (Wildman–Crippen LogP) is 1.44. The number of hydrogen-bond donors (Lipinski definition) is 2. The van der Waals surface area contributed by atoms with Crippen LogP contribution in [0.5, 0.6) is 0 Å². The third-order valence-electron chi connectivity index (χ3n) is 6.57. The Morgan fingerprint density at radius 2 is 1.81 bits per heavy atom. The summed E-state index contributed by atoms with van der Waals surface area (Å²) in [6.45, 7) is 5.34. The Morgan fingerprint density at radius 1 is 1.12 bits per heavy atom. The van der Waals surface area contributed by atoms with Crippen molar-refractivity contribution < 1.29 is 9.18 Å². The molecule has 3 aliphatic rings. The molecule has 5 nitrogen and oxygen atoms in total. The number of nitrogens with one attached hydrogen (secondary N) is 1. The molecule has 0 radical (unpaired) electrons. The lowest BCUT2D eigenvalue weighted by molar-refractivity contribution is -0.127. The van der Waals surface area contributed by atoms with Crippen LogP contribution in [0.3, 0.4) is 0 Å². The van der Waals surface area contributed by atoms with Crippen LogP contribution in [0.4, 0.5) is 10.1 Å². The van der Waals surface area contributed by atoms with E-state index in [2.05, 4.69) is 15.1 Å². The van der Waals surface area contributed by atoms with Crippen molar-refractivity contribution in [2.75, 3.05) is 44.2 Å². The van der Waals surface area contributed by atoms with Gasteiger partial charge in [-0.25, -0.2) is 4.39 Å². The van der Waals surface area contributed by atoms with Crippen LogP contribution >= 0.6 is 0 Å². The number of nitrogens with zero attached hydrogens (tertiary/aromatic N) is 2. The zero-order valence-electron chi connectivity index (χ0n) is 15.2. The summed E-state index contributed by atoms with van der Waals surface area (Å²) in [5, 5.41) is 3.12. The van der Waals surface area contributed by atoms with E-state index in [4.69, 9.17) is 5.73 Å². The van der Waals surface area contributed by atoms with Gasteiger partial charge in [-0.15, -0.1) is 0 Å². The van der Waals surface area contributed by atoms with Gasteiger partial charge in [-0.2, -0.15) is 0 Å². The Balaban J connectivity index is 1.18. The number of halogens is 1. The van der Waals surface area contributed by atoms with Gasteiger partial charge in [-0.3, -0.25) is 9.69 Å². The van der Waals surface area contributed by atoms with Crippen molar-refractivity contribution in [1.29, 1.82) is 0 Å². The topological polar surface area (TPSA) is 61.6 Å². The maximum atomic E-state index is 13.0. The zero-order chi connectivity index (χ0) is 18.1. The monoisotopic (exact) mass is 360 g/mol. The minimum atomic E-state index is -0.196. The van der Waals surface area contributed by atoms with Gasteiger partial charge in [0.15, 0.2) is 0 Å². The molecule has 142 valence electrons. The molecular formula is C20H29FN4O. The highest BCUT2D eigenvalue weighted by atomic mass is 19.1. The fraction of sp³-hybridized carbons (Fsp3) is 0.650. The number of anilines is 1. The first kappa shape index (κ1) is 17.7. The highest BCUT2D eigenvalue weighted by Gasteiger charge is 2.48. The maximum Gasteiger partial charge on any atom is 0.225 e. The summed E-state index contributed by atoms with van der Waals surface area (Å²) >= 11 is 0. The molecule has 3 fully saturated rings. The van der Waals surface area contributed by atoms with E-state index in [1.807, 2.05) is 12.1 Å². The van der Waals surface area contributed by atoms with Crippen LogP contribution in [0.1, 0.15) is 19.3 Å². The minimum Gasteiger partial charge on any atom is -0.369 e. The van der Waals surface area contributed by atoms with Crippen molar-refractivity contribution in [2.45, 2.75) is 25.3 Å². The van der Waals surface area contributed by atoms with Crippen LogP contribution in [0, 0.1) is 23.6 Å². The molecule has 0 aromatic heterocycles. The Hall–Kier alpha value is -1.66. The van der Waals surface area contributed by atoms with Gasteiger partial charge in [0, 0.05) is 51.0 Å². The molecule has 4 rings (SSSR count). The molecule has 4 atom stereocenters. The second-order valence-electron chi connectivity index (χ2n) is 8.03. The smallest absolute Gasteiger partial charge is 0.225 e. The number of piperazine rings is 1. The zero-order valence-corrected chi connectivity index (χ0v) is 15.2. The Labute approximate surface area is 154 Å². The number of benzene rings is 1. The first-order valence-electron chi connectivity index (χ1n) is 9.88. The first-order chi connectivity index (χ1) is 12.6. The molecule has 1 saturated heterocycles. The van der Waals surface area contributed by atoms with Gasteiger partial charge in [-0.1, -0.05) is 0 Å².